The summed E-state index contributed by atoms with van der Waals surface area (Å²) in [6, 6.07) is 0. The third-order valence-corrected chi connectivity index (χ3v) is 16.1. The van der Waals surface area contributed by atoms with Gasteiger partial charge in [-0.05, 0) is 62.6 Å². The minimum Gasteiger partial charge on any atom is -0.408 e. The van der Waals surface area contributed by atoms with Crippen LogP contribution in [0.2, 0.25) is 36.3 Å². The third-order valence-electron chi connectivity index (χ3n) is 7.13. The fourth-order valence-electron chi connectivity index (χ4n) is 3.29. The Morgan fingerprint density at radius 3 is 1.79 bits per heavy atom. The summed E-state index contributed by atoms with van der Waals surface area (Å²) in [5.41, 5.74) is 1.19. The SMILES string of the molecule is CC1=C[C@H](O[Si](C)(C)C(C)(C)C)[C@@H](O[Si](C)(C)C(C)(C)C)[C@@H]2OC(C)(C)O[C@H]12. The number of ether oxygens (including phenoxy) is 2. The molecule has 1 aliphatic heterocycles. The molecule has 28 heavy (non-hydrogen) atoms. The first-order valence-corrected chi connectivity index (χ1v) is 16.5. The molecule has 0 N–H and O–H groups in total. The van der Waals surface area contributed by atoms with E-state index < -0.39 is 22.4 Å². The quantitative estimate of drug-likeness (QED) is 0.392. The largest absolute Gasteiger partial charge is 0.408 e. The van der Waals surface area contributed by atoms with Crippen LogP contribution in [0.1, 0.15) is 62.3 Å². The topological polar surface area (TPSA) is 36.9 Å². The predicted molar refractivity (Wildman–Crippen MR) is 122 cm³/mol. The molecule has 164 valence electrons. The van der Waals surface area contributed by atoms with Gasteiger partial charge in [0.1, 0.15) is 18.3 Å². The van der Waals surface area contributed by atoms with Gasteiger partial charge in [0.25, 0.3) is 0 Å². The molecule has 1 fully saturated rings. The van der Waals surface area contributed by atoms with Gasteiger partial charge >= 0.3 is 0 Å². The molecule has 1 heterocycles. The second-order valence-corrected chi connectivity index (χ2v) is 21.6. The average molecular weight is 429 g/mol. The van der Waals surface area contributed by atoms with Crippen molar-refractivity contribution in [3.8, 4) is 0 Å². The lowest BCUT2D eigenvalue weighted by Gasteiger charge is -2.47. The lowest BCUT2D eigenvalue weighted by molar-refractivity contribution is -0.156. The van der Waals surface area contributed by atoms with Gasteiger partial charge < -0.3 is 18.3 Å². The van der Waals surface area contributed by atoms with Gasteiger partial charge in [-0.3, -0.25) is 0 Å². The first-order chi connectivity index (χ1) is 12.3. The second-order valence-electron chi connectivity index (χ2n) is 12.1. The average Bonchev–Trinajstić information content (AvgIpc) is 2.76. The summed E-state index contributed by atoms with van der Waals surface area (Å²) in [7, 11) is -3.98. The van der Waals surface area contributed by atoms with E-state index in [4.69, 9.17) is 18.3 Å². The van der Waals surface area contributed by atoms with Crippen molar-refractivity contribution in [3.63, 3.8) is 0 Å². The lowest BCUT2D eigenvalue weighted by atomic mass is 9.90. The minimum absolute atomic E-state index is 0.0657. The van der Waals surface area contributed by atoms with Crippen LogP contribution in [-0.4, -0.2) is 46.8 Å². The summed E-state index contributed by atoms with van der Waals surface area (Å²) in [6.45, 7) is 29.0. The lowest BCUT2D eigenvalue weighted by Crippen LogP contribution is -2.58. The van der Waals surface area contributed by atoms with E-state index in [9.17, 15) is 0 Å². The van der Waals surface area contributed by atoms with Crippen LogP contribution in [0.15, 0.2) is 11.6 Å². The van der Waals surface area contributed by atoms with Crippen molar-refractivity contribution in [2.45, 2.75) is 129 Å². The molecular weight excluding hydrogens is 384 g/mol. The predicted octanol–water partition coefficient (Wildman–Crippen LogP) is 6.25. The van der Waals surface area contributed by atoms with Crippen LogP contribution in [0.3, 0.4) is 0 Å². The number of rotatable bonds is 4. The molecule has 0 saturated carbocycles. The van der Waals surface area contributed by atoms with Gasteiger partial charge in [0.2, 0.25) is 0 Å². The monoisotopic (exact) mass is 428 g/mol. The fraction of sp³-hybridized carbons (Fsp3) is 0.909. The molecule has 0 amide bonds. The summed E-state index contributed by atoms with van der Waals surface area (Å²) in [4.78, 5) is 0. The summed E-state index contributed by atoms with van der Waals surface area (Å²) in [5.74, 6) is -0.606. The molecule has 0 bridgehead atoms. The van der Waals surface area contributed by atoms with E-state index in [1.807, 2.05) is 13.8 Å². The second kappa shape index (κ2) is 7.31. The van der Waals surface area contributed by atoms with Gasteiger partial charge in [-0.1, -0.05) is 47.6 Å². The Morgan fingerprint density at radius 2 is 1.32 bits per heavy atom. The molecule has 0 aromatic carbocycles. The molecule has 1 saturated heterocycles. The molecule has 4 nitrogen and oxygen atoms in total. The van der Waals surface area contributed by atoms with Crippen molar-refractivity contribution in [2.75, 3.05) is 0 Å². The van der Waals surface area contributed by atoms with Gasteiger partial charge in [0.05, 0.1) is 6.10 Å². The zero-order chi connectivity index (χ0) is 21.9. The van der Waals surface area contributed by atoms with Gasteiger partial charge in [0.15, 0.2) is 22.4 Å². The number of hydrogen-bond donors (Lipinski definition) is 0. The van der Waals surface area contributed by atoms with Crippen molar-refractivity contribution in [1.82, 2.24) is 0 Å². The summed E-state index contributed by atoms with van der Waals surface area (Å²) in [5, 5.41) is 0.259. The maximum absolute atomic E-state index is 6.96. The highest BCUT2D eigenvalue weighted by atomic mass is 28.4. The zero-order valence-electron chi connectivity index (χ0n) is 20.5. The molecule has 0 aromatic heterocycles. The Bertz CT molecular complexity index is 611. The van der Waals surface area contributed by atoms with E-state index in [2.05, 4.69) is 80.7 Å². The Morgan fingerprint density at radius 1 is 0.857 bits per heavy atom. The zero-order valence-corrected chi connectivity index (χ0v) is 22.5. The van der Waals surface area contributed by atoms with Gasteiger partial charge in [-0.2, -0.15) is 0 Å². The highest BCUT2D eigenvalue weighted by Crippen LogP contribution is 2.46. The Kier molecular flexibility index (Phi) is 6.34. The van der Waals surface area contributed by atoms with E-state index in [0.717, 1.165) is 0 Å². The molecule has 2 rings (SSSR count). The highest BCUT2D eigenvalue weighted by Gasteiger charge is 2.55. The van der Waals surface area contributed by atoms with Crippen molar-refractivity contribution >= 4 is 16.6 Å². The van der Waals surface area contributed by atoms with Crippen LogP contribution in [0.5, 0.6) is 0 Å². The third kappa shape index (κ3) is 4.84. The number of fused-ring (bicyclic) bond motifs is 1. The van der Waals surface area contributed by atoms with Gasteiger partial charge in [-0.15, -0.1) is 0 Å². The fourth-order valence-corrected chi connectivity index (χ4v) is 5.82. The molecule has 0 aromatic rings. The van der Waals surface area contributed by atoms with Crippen LogP contribution in [0.4, 0.5) is 0 Å². The smallest absolute Gasteiger partial charge is 0.193 e. The van der Waals surface area contributed by atoms with E-state index in [1.54, 1.807) is 0 Å². The van der Waals surface area contributed by atoms with Gasteiger partial charge in [0, 0.05) is 0 Å². The van der Waals surface area contributed by atoms with Crippen molar-refractivity contribution in [2.24, 2.45) is 0 Å². The maximum atomic E-state index is 6.96. The minimum atomic E-state index is -2.01. The van der Waals surface area contributed by atoms with E-state index in [0.29, 0.717) is 0 Å². The first-order valence-electron chi connectivity index (χ1n) is 10.7. The molecule has 0 unspecified atom stereocenters. The van der Waals surface area contributed by atoms with Crippen LogP contribution in [0, 0.1) is 0 Å². The van der Waals surface area contributed by atoms with Crippen molar-refractivity contribution in [3.05, 3.63) is 11.6 Å². The van der Waals surface area contributed by atoms with E-state index in [1.165, 1.54) is 5.57 Å². The Hall–Kier alpha value is 0.0138. The molecule has 2 aliphatic rings. The Labute approximate surface area is 175 Å². The Balaban J connectivity index is 2.44. The summed E-state index contributed by atoms with van der Waals surface area (Å²) < 4.78 is 26.5. The van der Waals surface area contributed by atoms with Crippen LogP contribution in [-0.2, 0) is 18.3 Å². The van der Waals surface area contributed by atoms with Crippen molar-refractivity contribution in [1.29, 1.82) is 0 Å². The van der Waals surface area contributed by atoms with E-state index >= 15 is 0 Å². The molecule has 0 spiro atoms. The molecule has 4 atom stereocenters. The molecule has 0 radical (unpaired) electrons. The standard InChI is InChI=1S/C22H44O4Si2/c1-15-14-16(25-27(10,11)20(2,3)4)18(26-28(12,13)21(5,6)7)19-17(15)23-22(8,9)24-19/h14,16-19H,1-13H3/t16-,17+,18+,19+/m0/s1. The molecular formula is C22H44O4Si2. The van der Waals surface area contributed by atoms with Crippen LogP contribution in [0.25, 0.3) is 0 Å². The maximum Gasteiger partial charge on any atom is 0.193 e. The van der Waals surface area contributed by atoms with Gasteiger partial charge in [-0.25, -0.2) is 0 Å². The van der Waals surface area contributed by atoms with Crippen LogP contribution >= 0.6 is 0 Å². The number of hydrogen-bond acceptors (Lipinski definition) is 4. The highest BCUT2D eigenvalue weighted by molar-refractivity contribution is 6.74. The normalized spacial score (nSPS) is 31.5. The molecule has 6 heteroatoms. The van der Waals surface area contributed by atoms with E-state index in [-0.39, 0.29) is 34.5 Å². The first kappa shape index (κ1) is 24.3. The molecule has 1 aliphatic carbocycles. The van der Waals surface area contributed by atoms with Crippen molar-refractivity contribution < 1.29 is 18.3 Å². The summed E-state index contributed by atoms with van der Waals surface area (Å²) >= 11 is 0. The van der Waals surface area contributed by atoms with Crippen LogP contribution < -0.4 is 0 Å². The summed E-state index contributed by atoms with van der Waals surface area (Å²) in [6.07, 6.45) is 1.79.